The van der Waals surface area contributed by atoms with Crippen LogP contribution >= 0.6 is 0 Å². The molecule has 0 unspecified atom stereocenters. The highest BCUT2D eigenvalue weighted by molar-refractivity contribution is 5.67. The molecule has 0 bridgehead atoms. The van der Waals surface area contributed by atoms with E-state index in [2.05, 4.69) is 0 Å². The SMILES string of the molecule is O=C(OCc1ccccc1)N1OC[C@@H]2C[C@@H](OCc3ccccc3)[C@@H](OCc3ccccc3)[C@@H]21. The van der Waals surface area contributed by atoms with Gasteiger partial charge in [0.2, 0.25) is 0 Å². The zero-order valence-electron chi connectivity index (χ0n) is 19.0. The van der Waals surface area contributed by atoms with Gasteiger partial charge < -0.3 is 14.2 Å². The molecule has 4 atom stereocenters. The van der Waals surface area contributed by atoms with E-state index in [-0.39, 0.29) is 30.8 Å². The van der Waals surface area contributed by atoms with Crippen molar-refractivity contribution in [2.45, 2.75) is 44.5 Å². The summed E-state index contributed by atoms with van der Waals surface area (Å²) in [6.45, 7) is 1.57. The molecule has 1 aliphatic carbocycles. The molecule has 0 N–H and O–H groups in total. The van der Waals surface area contributed by atoms with E-state index >= 15 is 0 Å². The number of fused-ring (bicyclic) bond motifs is 1. The van der Waals surface area contributed by atoms with Gasteiger partial charge in [0.05, 0.1) is 32.0 Å². The van der Waals surface area contributed by atoms with E-state index in [0.29, 0.717) is 19.8 Å². The van der Waals surface area contributed by atoms with Crippen molar-refractivity contribution >= 4 is 6.09 Å². The fraction of sp³-hybridized carbons (Fsp3) is 0.321. The van der Waals surface area contributed by atoms with Crippen molar-refractivity contribution in [3.8, 4) is 0 Å². The van der Waals surface area contributed by atoms with Crippen LogP contribution in [0.25, 0.3) is 0 Å². The first-order chi connectivity index (χ1) is 16.8. The van der Waals surface area contributed by atoms with E-state index in [1.807, 2.05) is 91.0 Å². The van der Waals surface area contributed by atoms with Crippen LogP contribution in [-0.2, 0) is 38.9 Å². The highest BCUT2D eigenvalue weighted by Gasteiger charge is 2.54. The van der Waals surface area contributed by atoms with Gasteiger partial charge in [0.25, 0.3) is 0 Å². The Labute approximate surface area is 200 Å². The number of benzene rings is 3. The van der Waals surface area contributed by atoms with E-state index in [1.165, 1.54) is 5.06 Å². The average Bonchev–Trinajstić information content (AvgIpc) is 3.46. The Kier molecular flexibility index (Phi) is 7.19. The van der Waals surface area contributed by atoms with Gasteiger partial charge in [-0.25, -0.2) is 4.79 Å². The number of ether oxygens (including phenoxy) is 3. The summed E-state index contributed by atoms with van der Waals surface area (Å²) in [5.41, 5.74) is 3.11. The maximum atomic E-state index is 12.9. The van der Waals surface area contributed by atoms with E-state index < -0.39 is 6.09 Å². The maximum absolute atomic E-state index is 12.9. The molecule has 1 saturated carbocycles. The Hall–Kier alpha value is -3.19. The Balaban J connectivity index is 1.28. The van der Waals surface area contributed by atoms with Crippen LogP contribution in [0, 0.1) is 5.92 Å². The number of rotatable bonds is 8. The molecular formula is C28H29NO5. The standard InChI is InChI=1S/C28H29NO5/c30-28(33-19-23-14-8-3-9-15-23)29-26-24(20-34-29)16-25(31-17-21-10-4-1-5-11-21)27(26)32-18-22-12-6-2-7-13-22/h1-15,24-27H,16-20H2/t24-,25+,26+,27+/m0/s1. The summed E-state index contributed by atoms with van der Waals surface area (Å²) >= 11 is 0. The number of amides is 1. The van der Waals surface area contributed by atoms with Crippen molar-refractivity contribution in [1.82, 2.24) is 5.06 Å². The fourth-order valence-electron chi connectivity index (χ4n) is 4.68. The van der Waals surface area contributed by atoms with Crippen molar-refractivity contribution in [3.63, 3.8) is 0 Å². The van der Waals surface area contributed by atoms with Gasteiger partial charge in [0.15, 0.2) is 0 Å². The summed E-state index contributed by atoms with van der Waals surface area (Å²) in [7, 11) is 0. The number of hydrogen-bond donors (Lipinski definition) is 0. The second-order valence-corrected chi connectivity index (χ2v) is 8.74. The van der Waals surface area contributed by atoms with Gasteiger partial charge in [-0.3, -0.25) is 4.84 Å². The van der Waals surface area contributed by atoms with Crippen molar-refractivity contribution in [3.05, 3.63) is 108 Å². The number of nitrogens with zero attached hydrogens (tertiary/aromatic N) is 1. The molecule has 1 heterocycles. The van der Waals surface area contributed by atoms with Crippen LogP contribution in [0.2, 0.25) is 0 Å². The quantitative estimate of drug-likeness (QED) is 0.467. The monoisotopic (exact) mass is 459 g/mol. The molecule has 3 aromatic carbocycles. The second kappa shape index (κ2) is 10.8. The predicted molar refractivity (Wildman–Crippen MR) is 126 cm³/mol. The summed E-state index contributed by atoms with van der Waals surface area (Å²) in [5, 5.41) is 1.37. The van der Waals surface area contributed by atoms with E-state index in [0.717, 1.165) is 23.1 Å². The molecule has 2 fully saturated rings. The molecule has 0 aromatic heterocycles. The number of hydroxylamine groups is 2. The molecule has 6 nitrogen and oxygen atoms in total. The third-order valence-corrected chi connectivity index (χ3v) is 6.40. The molecule has 0 radical (unpaired) electrons. The molecule has 2 aliphatic rings. The third kappa shape index (κ3) is 5.30. The third-order valence-electron chi connectivity index (χ3n) is 6.40. The lowest BCUT2D eigenvalue weighted by atomic mass is 10.1. The molecule has 6 heteroatoms. The summed E-state index contributed by atoms with van der Waals surface area (Å²) in [5.74, 6) is 0.130. The molecule has 1 aliphatic heterocycles. The van der Waals surface area contributed by atoms with Crippen LogP contribution < -0.4 is 0 Å². The lowest BCUT2D eigenvalue weighted by Crippen LogP contribution is -2.46. The first-order valence-electron chi connectivity index (χ1n) is 11.7. The normalized spacial score (nSPS) is 23.6. The van der Waals surface area contributed by atoms with Crippen LogP contribution in [0.1, 0.15) is 23.1 Å². The average molecular weight is 460 g/mol. The van der Waals surface area contributed by atoms with Crippen LogP contribution in [0.4, 0.5) is 4.79 Å². The van der Waals surface area contributed by atoms with Crippen molar-refractivity contribution in [2.75, 3.05) is 6.61 Å². The van der Waals surface area contributed by atoms with E-state index in [9.17, 15) is 4.79 Å². The molecular weight excluding hydrogens is 430 g/mol. The van der Waals surface area contributed by atoms with Crippen molar-refractivity contribution < 1.29 is 23.8 Å². The van der Waals surface area contributed by atoms with Gasteiger partial charge in [-0.1, -0.05) is 91.0 Å². The van der Waals surface area contributed by atoms with Crippen LogP contribution in [-0.4, -0.2) is 36.0 Å². The van der Waals surface area contributed by atoms with Crippen LogP contribution in [0.3, 0.4) is 0 Å². The Morgan fingerprint density at radius 2 is 1.29 bits per heavy atom. The van der Waals surface area contributed by atoms with Gasteiger partial charge in [0.1, 0.15) is 12.7 Å². The number of carbonyl (C=O) groups is 1. The lowest BCUT2D eigenvalue weighted by molar-refractivity contribution is -0.160. The smallest absolute Gasteiger partial charge is 0.434 e. The van der Waals surface area contributed by atoms with Gasteiger partial charge >= 0.3 is 6.09 Å². The zero-order valence-corrected chi connectivity index (χ0v) is 19.0. The van der Waals surface area contributed by atoms with Crippen LogP contribution in [0.15, 0.2) is 91.0 Å². The Morgan fingerprint density at radius 3 is 1.88 bits per heavy atom. The zero-order chi connectivity index (χ0) is 23.2. The second-order valence-electron chi connectivity index (χ2n) is 8.74. The molecule has 1 amide bonds. The summed E-state index contributed by atoms with van der Waals surface area (Å²) in [6.07, 6.45) is -0.194. The minimum Gasteiger partial charge on any atom is -0.443 e. The summed E-state index contributed by atoms with van der Waals surface area (Å²) in [6, 6.07) is 29.5. The molecule has 3 aromatic rings. The molecule has 1 saturated heterocycles. The van der Waals surface area contributed by atoms with Gasteiger partial charge in [-0.15, -0.1) is 0 Å². The molecule has 34 heavy (non-hydrogen) atoms. The number of hydrogen-bond acceptors (Lipinski definition) is 5. The van der Waals surface area contributed by atoms with Gasteiger partial charge in [0, 0.05) is 5.92 Å². The topological polar surface area (TPSA) is 57.2 Å². The van der Waals surface area contributed by atoms with Gasteiger partial charge in [-0.05, 0) is 23.1 Å². The van der Waals surface area contributed by atoms with Crippen molar-refractivity contribution in [2.24, 2.45) is 5.92 Å². The highest BCUT2D eigenvalue weighted by Crippen LogP contribution is 2.40. The Morgan fingerprint density at radius 1 is 0.765 bits per heavy atom. The predicted octanol–water partition coefficient (Wildman–Crippen LogP) is 5.13. The number of carbonyl (C=O) groups excluding carboxylic acids is 1. The molecule has 176 valence electrons. The van der Waals surface area contributed by atoms with E-state index in [4.69, 9.17) is 19.0 Å². The van der Waals surface area contributed by atoms with Gasteiger partial charge in [-0.2, -0.15) is 5.06 Å². The first kappa shape index (κ1) is 22.6. The summed E-state index contributed by atoms with van der Waals surface area (Å²) in [4.78, 5) is 18.7. The fourth-order valence-corrected chi connectivity index (χ4v) is 4.68. The minimum atomic E-state index is -0.492. The molecule has 0 spiro atoms. The van der Waals surface area contributed by atoms with E-state index in [1.54, 1.807) is 0 Å². The Bertz CT molecular complexity index is 1050. The molecule has 5 rings (SSSR count). The summed E-state index contributed by atoms with van der Waals surface area (Å²) < 4.78 is 18.3. The minimum absolute atomic E-state index is 0.130. The first-order valence-corrected chi connectivity index (χ1v) is 11.7. The van der Waals surface area contributed by atoms with Crippen molar-refractivity contribution in [1.29, 1.82) is 0 Å². The highest BCUT2D eigenvalue weighted by atomic mass is 16.7. The lowest BCUT2D eigenvalue weighted by Gasteiger charge is -2.29. The maximum Gasteiger partial charge on any atom is 0.434 e. The van der Waals surface area contributed by atoms with Crippen LogP contribution in [0.5, 0.6) is 0 Å². The largest absolute Gasteiger partial charge is 0.443 e.